The first kappa shape index (κ1) is 23.2. The molecule has 3 aromatic rings. The first-order valence-electron chi connectivity index (χ1n) is 8.83. The number of H-pyrrole nitrogens is 1. The van der Waals surface area contributed by atoms with Gasteiger partial charge in [0.25, 0.3) is 0 Å². The molecular weight excluding hydrogens is 415 g/mol. The van der Waals surface area contributed by atoms with Crippen LogP contribution in [-0.2, 0) is 15.1 Å². The van der Waals surface area contributed by atoms with Crippen LogP contribution < -0.4 is 4.74 Å². The van der Waals surface area contributed by atoms with Crippen LogP contribution in [0, 0.1) is 5.82 Å². The Morgan fingerprint density at radius 3 is 2.27 bits per heavy atom. The molecule has 0 aliphatic carbocycles. The van der Waals surface area contributed by atoms with Crippen LogP contribution in [0.2, 0.25) is 5.02 Å². The van der Waals surface area contributed by atoms with Crippen LogP contribution in [0.5, 0.6) is 5.75 Å². The van der Waals surface area contributed by atoms with Gasteiger partial charge in [0.05, 0.1) is 5.54 Å². The second-order valence-electron chi connectivity index (χ2n) is 6.92. The Morgan fingerprint density at radius 1 is 1.13 bits per heavy atom. The number of nitrogens with zero attached hydrogens (tertiary/aromatic N) is 1. The average molecular weight is 437 g/mol. The van der Waals surface area contributed by atoms with Crippen molar-refractivity contribution in [3.05, 3.63) is 65.1 Å². The molecule has 160 valence electrons. The number of halogens is 2. The molecule has 0 amide bonds. The number of benzene rings is 2. The lowest BCUT2D eigenvalue weighted by Gasteiger charge is -2.36. The number of hydrogen-bond donors (Lipinski definition) is 3. The van der Waals surface area contributed by atoms with E-state index >= 15 is 0 Å². The van der Waals surface area contributed by atoms with E-state index in [1.807, 2.05) is 38.5 Å². The van der Waals surface area contributed by atoms with E-state index in [1.165, 1.54) is 12.1 Å². The fourth-order valence-corrected chi connectivity index (χ4v) is 2.86. The summed E-state index contributed by atoms with van der Waals surface area (Å²) in [6.07, 6.45) is 1.84. The lowest BCUT2D eigenvalue weighted by atomic mass is 9.91. The highest BCUT2D eigenvalue weighted by Gasteiger charge is 2.30. The molecule has 9 heteroatoms. The van der Waals surface area contributed by atoms with Gasteiger partial charge in [0, 0.05) is 22.1 Å². The Morgan fingerprint density at radius 2 is 1.73 bits per heavy atom. The van der Waals surface area contributed by atoms with Crippen molar-refractivity contribution in [1.82, 2.24) is 9.88 Å². The number of aromatic amines is 1. The third kappa shape index (κ3) is 5.49. The monoisotopic (exact) mass is 436 g/mol. The van der Waals surface area contributed by atoms with Crippen molar-refractivity contribution in [2.75, 3.05) is 20.7 Å². The lowest BCUT2D eigenvalue weighted by molar-refractivity contribution is -0.159. The van der Waals surface area contributed by atoms with Crippen LogP contribution in [-0.4, -0.2) is 52.7 Å². The summed E-state index contributed by atoms with van der Waals surface area (Å²) in [5.74, 6) is -3.14. The van der Waals surface area contributed by atoms with E-state index in [2.05, 4.69) is 16.8 Å². The molecule has 3 N–H and O–H groups in total. The number of ether oxygens (including phenoxy) is 1. The third-order valence-electron chi connectivity index (χ3n) is 4.75. The molecule has 1 heterocycles. The van der Waals surface area contributed by atoms with Gasteiger partial charge in [-0.3, -0.25) is 4.90 Å². The fraction of sp³-hybridized carbons (Fsp3) is 0.238. The van der Waals surface area contributed by atoms with Gasteiger partial charge >= 0.3 is 11.9 Å². The summed E-state index contributed by atoms with van der Waals surface area (Å²) in [5, 5.41) is 16.4. The molecule has 0 fully saturated rings. The van der Waals surface area contributed by atoms with E-state index < -0.39 is 17.5 Å². The van der Waals surface area contributed by atoms with Crippen LogP contribution in [0.25, 0.3) is 10.9 Å². The molecule has 0 saturated carbocycles. The van der Waals surface area contributed by atoms with Crippen LogP contribution in [0.4, 0.5) is 4.39 Å². The first-order chi connectivity index (χ1) is 14.0. The molecule has 1 aromatic heterocycles. The minimum Gasteiger partial charge on any atom is -0.489 e. The van der Waals surface area contributed by atoms with Crippen LogP contribution in [0.3, 0.4) is 0 Å². The molecule has 7 nitrogen and oxygen atoms in total. The number of carbonyl (C=O) groups is 2. The van der Waals surface area contributed by atoms with Gasteiger partial charge in [-0.05, 0) is 56.9 Å². The number of rotatable bonds is 5. The topological polar surface area (TPSA) is 103 Å². The quantitative estimate of drug-likeness (QED) is 0.523. The van der Waals surface area contributed by atoms with Crippen molar-refractivity contribution < 1.29 is 28.9 Å². The summed E-state index contributed by atoms with van der Waals surface area (Å²) in [7, 11) is 3.97. The fourth-order valence-electron chi connectivity index (χ4n) is 2.68. The molecule has 30 heavy (non-hydrogen) atoms. The van der Waals surface area contributed by atoms with Crippen LogP contribution in [0.15, 0.2) is 48.7 Å². The highest BCUT2D eigenvalue weighted by atomic mass is 35.5. The Hall–Kier alpha value is -3.10. The summed E-state index contributed by atoms with van der Waals surface area (Å²) >= 11 is 6.09. The number of nitrogens with one attached hydrogen (secondary N) is 1. The predicted molar refractivity (Wildman–Crippen MR) is 112 cm³/mol. The van der Waals surface area contributed by atoms with Crippen molar-refractivity contribution in [2.45, 2.75) is 12.5 Å². The number of likely N-dealkylation sites (N-methyl/N-ethyl adjacent to an activating group) is 1. The van der Waals surface area contributed by atoms with Gasteiger partial charge in [0.2, 0.25) is 0 Å². The maximum absolute atomic E-state index is 13.2. The first-order valence-corrected chi connectivity index (χ1v) is 9.21. The Bertz CT molecular complexity index is 1020. The molecule has 0 bridgehead atoms. The SMILES string of the molecule is CN(C)[C@@](C)(COc1c[nH]c2ccc(Cl)cc12)c1ccc(F)cc1.O=C(O)C(=O)O. The Kier molecular flexibility index (Phi) is 7.42. The second kappa shape index (κ2) is 9.60. The zero-order chi connectivity index (χ0) is 22.5. The molecule has 0 spiro atoms. The standard InChI is InChI=1S/C19H20ClFN2O.C2H2O4/c1-19(23(2)3,13-4-7-15(21)8-5-13)12-24-18-11-22-17-9-6-14(20)10-16(17)18;3-1(4)2(5)6/h4-11,22H,12H2,1-3H3;(H,3,4)(H,5,6)/t19-;/m0./s1. The van der Waals surface area contributed by atoms with Gasteiger partial charge in [-0.15, -0.1) is 0 Å². The van der Waals surface area contributed by atoms with Crippen molar-refractivity contribution in [2.24, 2.45) is 0 Å². The number of carboxylic acid groups (broad SMARTS) is 2. The van der Waals surface area contributed by atoms with Crippen molar-refractivity contribution in [3.63, 3.8) is 0 Å². The van der Waals surface area contributed by atoms with Crippen molar-refractivity contribution in [3.8, 4) is 5.75 Å². The van der Waals surface area contributed by atoms with Crippen LogP contribution >= 0.6 is 11.6 Å². The summed E-state index contributed by atoms with van der Waals surface area (Å²) in [6, 6.07) is 12.2. The molecule has 0 saturated heterocycles. The van der Waals surface area contributed by atoms with Gasteiger partial charge in [0.15, 0.2) is 0 Å². The zero-order valence-corrected chi connectivity index (χ0v) is 17.4. The van der Waals surface area contributed by atoms with E-state index in [-0.39, 0.29) is 5.82 Å². The second-order valence-corrected chi connectivity index (χ2v) is 7.35. The smallest absolute Gasteiger partial charge is 0.414 e. The number of hydrogen-bond acceptors (Lipinski definition) is 4. The van der Waals surface area contributed by atoms with E-state index in [4.69, 9.17) is 36.1 Å². The number of aliphatic carboxylic acids is 2. The van der Waals surface area contributed by atoms with Gasteiger partial charge in [-0.2, -0.15) is 0 Å². The maximum Gasteiger partial charge on any atom is 0.414 e. The summed E-state index contributed by atoms with van der Waals surface area (Å²) in [4.78, 5) is 23.5. The highest BCUT2D eigenvalue weighted by Crippen LogP contribution is 2.32. The Balaban J connectivity index is 0.000000469. The maximum atomic E-state index is 13.2. The number of carboxylic acids is 2. The van der Waals surface area contributed by atoms with E-state index in [1.54, 1.807) is 12.1 Å². The summed E-state index contributed by atoms with van der Waals surface area (Å²) in [6.45, 7) is 2.49. The van der Waals surface area contributed by atoms with E-state index in [0.29, 0.717) is 11.6 Å². The highest BCUT2D eigenvalue weighted by molar-refractivity contribution is 6.31. The molecule has 3 rings (SSSR count). The van der Waals surface area contributed by atoms with Gasteiger partial charge in [-0.25, -0.2) is 14.0 Å². The van der Waals surface area contributed by atoms with Gasteiger partial charge in [0.1, 0.15) is 18.2 Å². The molecule has 1 atom stereocenters. The normalized spacial score (nSPS) is 12.7. The molecule has 0 unspecified atom stereocenters. The molecule has 0 aliphatic rings. The van der Waals surface area contributed by atoms with Gasteiger partial charge < -0.3 is 19.9 Å². The minimum atomic E-state index is -1.82. The molecule has 0 radical (unpaired) electrons. The van der Waals surface area contributed by atoms with E-state index in [0.717, 1.165) is 22.2 Å². The lowest BCUT2D eigenvalue weighted by Crippen LogP contribution is -2.43. The molecular formula is C21H22ClFN2O5. The van der Waals surface area contributed by atoms with Crippen LogP contribution in [0.1, 0.15) is 12.5 Å². The Labute approximate surface area is 177 Å². The third-order valence-corrected chi connectivity index (χ3v) is 4.99. The van der Waals surface area contributed by atoms with Crippen molar-refractivity contribution >= 4 is 34.4 Å². The largest absolute Gasteiger partial charge is 0.489 e. The number of fused-ring (bicyclic) bond motifs is 1. The van der Waals surface area contributed by atoms with Crippen molar-refractivity contribution in [1.29, 1.82) is 0 Å². The zero-order valence-electron chi connectivity index (χ0n) is 16.6. The number of aromatic nitrogens is 1. The van der Waals surface area contributed by atoms with Gasteiger partial charge in [-0.1, -0.05) is 23.7 Å². The predicted octanol–water partition coefficient (Wildman–Crippen LogP) is 3.97. The summed E-state index contributed by atoms with van der Waals surface area (Å²) in [5.41, 5.74) is 1.57. The van der Waals surface area contributed by atoms with E-state index in [9.17, 15) is 4.39 Å². The molecule has 0 aliphatic heterocycles. The molecule has 2 aromatic carbocycles. The minimum absolute atomic E-state index is 0.243. The summed E-state index contributed by atoms with van der Waals surface area (Å²) < 4.78 is 19.3. The average Bonchev–Trinajstić information content (AvgIpc) is 3.09.